The van der Waals surface area contributed by atoms with E-state index >= 15 is 0 Å². The Morgan fingerprint density at radius 1 is 0.785 bits per heavy atom. The van der Waals surface area contributed by atoms with Crippen LogP contribution in [-0.4, -0.2) is 118 Å². The Labute approximate surface area is 393 Å². The normalized spacial score (nSPS) is 13.7. The molecule has 0 aromatic carbocycles. The molecule has 22 heteroatoms. The van der Waals surface area contributed by atoms with Crippen molar-refractivity contribution in [2.45, 2.75) is 206 Å². The van der Waals surface area contributed by atoms with Crippen molar-refractivity contribution in [2.24, 2.45) is 32.0 Å². The van der Waals surface area contributed by atoms with Gasteiger partial charge >= 0.3 is 0 Å². The fraction of sp³-hybridized carbons (Fsp3) is 0.860. The molecule has 65 heavy (non-hydrogen) atoms. The first-order valence-corrected chi connectivity index (χ1v) is 25.6. The van der Waals surface area contributed by atoms with Gasteiger partial charge in [-0.3, -0.25) is 18.9 Å². The van der Waals surface area contributed by atoms with Crippen molar-refractivity contribution >= 4 is 47.3 Å². The lowest BCUT2D eigenvalue weighted by molar-refractivity contribution is -0.124. The van der Waals surface area contributed by atoms with E-state index < -0.39 is 27.1 Å². The first kappa shape index (κ1) is 68.2. The van der Waals surface area contributed by atoms with Crippen LogP contribution in [0.4, 0.5) is 0 Å². The number of ketones is 3. The maximum atomic E-state index is 10.9. The third kappa shape index (κ3) is 36.4. The number of tetrazole rings is 2. The molecule has 1 aliphatic rings. The molecule has 2 aromatic heterocycles. The minimum atomic E-state index is -2.85. The van der Waals surface area contributed by atoms with Crippen LogP contribution >= 0.6 is 7.37 Å². The standard InChI is InChI=1S/2C8H14N4O.C6H15BO.C6H12O.C5H9N3.C5H13O2P.C5H12O2S/c1-6(13)5-12-7(8(2,3)4)9-10-11-12;1-6(13)5-12-10-7(9-11-12)8(2,3)4;1-6(2,3)5-7(4)8;1-5(7)6(2,3)4;1-4(2)5-6-3-7-8-5;2*1-5(2,3)8(4,6)7/h2*5H2,1-4H3;8H,5H2,1-4H3;1-4H3;4H,3H2,1-2H3;1-4H3,(H,6,7);1-4H3. The van der Waals surface area contributed by atoms with Gasteiger partial charge in [0.15, 0.2) is 39.7 Å². The van der Waals surface area contributed by atoms with Crippen LogP contribution in [0.15, 0.2) is 15.2 Å². The molecule has 0 fully saturated rings. The number of carbonyl (C=O) groups is 3. The van der Waals surface area contributed by atoms with Crippen LogP contribution in [0.3, 0.4) is 0 Å². The number of amidine groups is 1. The second-order valence-electron chi connectivity index (χ2n) is 22.6. The third-order valence-corrected chi connectivity index (χ3v) is 13.1. The molecular formula is C43H89BN11O8PS. The van der Waals surface area contributed by atoms with Crippen molar-refractivity contribution in [2.75, 3.05) is 19.6 Å². The first-order valence-electron chi connectivity index (χ1n) is 21.6. The van der Waals surface area contributed by atoms with E-state index in [9.17, 15) is 27.4 Å². The Kier molecular flexibility index (Phi) is 29.4. The van der Waals surface area contributed by atoms with Crippen molar-refractivity contribution in [1.82, 2.24) is 40.4 Å². The van der Waals surface area contributed by atoms with Gasteiger partial charge in [-0.05, 0) is 68.9 Å². The molecule has 3 heterocycles. The third-order valence-electron chi connectivity index (χ3n) is 8.37. The number of aromatic nitrogens is 8. The molecule has 0 bridgehead atoms. The summed E-state index contributed by atoms with van der Waals surface area (Å²) in [7, 11) is -5.69. The summed E-state index contributed by atoms with van der Waals surface area (Å²) in [5.74, 6) is 3.03. The van der Waals surface area contributed by atoms with Gasteiger partial charge < -0.3 is 9.92 Å². The average Bonchev–Trinajstić information content (AvgIpc) is 3.81. The molecule has 378 valence electrons. The van der Waals surface area contributed by atoms with Gasteiger partial charge in [-0.1, -0.05) is 125 Å². The SMILES string of the molecule is CB(O)CC(C)(C)C.CC(=O)C(C)(C)C.CC(=O)Cn1nnc(C(C)(C)C)n1.CC(=O)Cn1nnnc1C(C)(C)C.CC(C)(C)P(C)(=O)O.CC(C)(C)S(C)(=O)=O.CC(C)C1=NCN=N1. The van der Waals surface area contributed by atoms with E-state index in [-0.39, 0.29) is 59.0 Å². The highest BCUT2D eigenvalue weighted by atomic mass is 32.2. The Morgan fingerprint density at radius 2 is 1.20 bits per heavy atom. The maximum Gasteiger partial charge on any atom is 0.286 e. The van der Waals surface area contributed by atoms with Crippen molar-refractivity contribution in [3.63, 3.8) is 0 Å². The van der Waals surface area contributed by atoms with Crippen LogP contribution in [0, 0.1) is 16.7 Å². The Morgan fingerprint density at radius 3 is 1.40 bits per heavy atom. The fourth-order valence-corrected chi connectivity index (χ4v) is 3.29. The van der Waals surface area contributed by atoms with E-state index in [0.717, 1.165) is 18.0 Å². The summed E-state index contributed by atoms with van der Waals surface area (Å²) in [4.78, 5) is 46.3. The summed E-state index contributed by atoms with van der Waals surface area (Å²) < 4.78 is 33.1. The van der Waals surface area contributed by atoms with Gasteiger partial charge in [0.1, 0.15) is 24.7 Å². The average molecular weight is 962 g/mol. The van der Waals surface area contributed by atoms with Crippen molar-refractivity contribution in [1.29, 1.82) is 0 Å². The number of hydrogen-bond donors (Lipinski definition) is 2. The summed E-state index contributed by atoms with van der Waals surface area (Å²) in [5, 5.41) is 38.9. The predicted octanol–water partition coefficient (Wildman–Crippen LogP) is 8.37. The van der Waals surface area contributed by atoms with Crippen LogP contribution in [0.1, 0.15) is 171 Å². The lowest BCUT2D eigenvalue weighted by Gasteiger charge is -2.21. The lowest BCUT2D eigenvalue weighted by Crippen LogP contribution is -2.26. The predicted molar refractivity (Wildman–Crippen MR) is 265 cm³/mol. The van der Waals surface area contributed by atoms with E-state index in [1.807, 2.05) is 69.1 Å². The monoisotopic (exact) mass is 962 g/mol. The summed E-state index contributed by atoms with van der Waals surface area (Å²) in [6.07, 6.45) is 2.12. The van der Waals surface area contributed by atoms with Gasteiger partial charge in [-0.2, -0.15) is 9.91 Å². The molecule has 0 saturated heterocycles. The van der Waals surface area contributed by atoms with Gasteiger partial charge in [-0.25, -0.2) is 18.1 Å². The molecule has 1 unspecified atom stereocenters. The zero-order valence-electron chi connectivity index (χ0n) is 45.1. The zero-order chi connectivity index (χ0) is 53.0. The molecule has 2 aromatic rings. The molecule has 1 atom stereocenters. The van der Waals surface area contributed by atoms with Gasteiger partial charge in [0.25, 0.3) is 6.92 Å². The van der Waals surface area contributed by atoms with Crippen LogP contribution in [0.25, 0.3) is 0 Å². The molecule has 0 radical (unpaired) electrons. The summed E-state index contributed by atoms with van der Waals surface area (Å²) in [6.45, 7) is 47.2. The topological polar surface area (TPSA) is 267 Å². The number of hydrogen-bond acceptors (Lipinski definition) is 16. The minimum Gasteiger partial charge on any atom is -0.451 e. The lowest BCUT2D eigenvalue weighted by atomic mass is 9.60. The Balaban J connectivity index is -0.000000339. The minimum absolute atomic E-state index is 0.0258. The highest BCUT2D eigenvalue weighted by Gasteiger charge is 2.28. The van der Waals surface area contributed by atoms with E-state index in [2.05, 4.69) is 80.8 Å². The van der Waals surface area contributed by atoms with E-state index in [1.165, 1.54) is 31.6 Å². The number of sulfone groups is 1. The number of rotatable bonds is 6. The molecule has 0 saturated carbocycles. The van der Waals surface area contributed by atoms with Crippen molar-refractivity contribution < 1.29 is 37.3 Å². The molecule has 0 amide bonds. The highest BCUT2D eigenvalue weighted by Crippen LogP contribution is 2.49. The number of carbonyl (C=O) groups excluding carboxylic acids is 3. The van der Waals surface area contributed by atoms with Crippen LogP contribution < -0.4 is 0 Å². The molecule has 0 spiro atoms. The maximum absolute atomic E-state index is 10.9. The van der Waals surface area contributed by atoms with Crippen LogP contribution in [-0.2, 0) is 52.7 Å². The van der Waals surface area contributed by atoms with Gasteiger partial charge in [0.05, 0.1) is 4.75 Å². The second-order valence-corrected chi connectivity index (χ2v) is 28.5. The highest BCUT2D eigenvalue weighted by molar-refractivity contribution is 7.92. The summed E-state index contributed by atoms with van der Waals surface area (Å²) >= 11 is 0. The molecule has 1 aliphatic heterocycles. The second kappa shape index (κ2) is 28.0. The van der Waals surface area contributed by atoms with Gasteiger partial charge in [-0.15, -0.1) is 20.4 Å². The summed E-state index contributed by atoms with van der Waals surface area (Å²) in [5.41, 5.74) is -0.109. The van der Waals surface area contributed by atoms with Crippen LogP contribution in [0.5, 0.6) is 0 Å². The zero-order valence-corrected chi connectivity index (χ0v) is 46.8. The van der Waals surface area contributed by atoms with Gasteiger partial charge in [0, 0.05) is 40.2 Å². The Bertz CT molecular complexity index is 1950. The van der Waals surface area contributed by atoms with Crippen molar-refractivity contribution in [3.8, 4) is 0 Å². The van der Waals surface area contributed by atoms with E-state index in [1.54, 1.807) is 53.1 Å². The van der Waals surface area contributed by atoms with E-state index in [0.29, 0.717) is 18.4 Å². The number of Topliss-reactive ketones (excluding diaryl/α,β-unsaturated/α-hetero) is 3. The Hall–Kier alpha value is -3.42. The summed E-state index contributed by atoms with van der Waals surface area (Å²) in [6, 6.07) is 0. The molecule has 3 rings (SSSR count). The fourth-order valence-electron chi connectivity index (χ4n) is 3.29. The smallest absolute Gasteiger partial charge is 0.286 e. The van der Waals surface area contributed by atoms with E-state index in [4.69, 9.17) is 9.92 Å². The molecular weight excluding hydrogens is 872 g/mol. The van der Waals surface area contributed by atoms with Crippen LogP contribution in [0.2, 0.25) is 13.1 Å². The van der Waals surface area contributed by atoms with Crippen molar-refractivity contribution in [3.05, 3.63) is 11.6 Å². The molecule has 19 nitrogen and oxygen atoms in total. The van der Waals surface area contributed by atoms with Gasteiger partial charge in [0.2, 0.25) is 7.37 Å². The first-order chi connectivity index (χ1) is 28.5. The number of nitrogens with zero attached hydrogens (tertiary/aromatic N) is 11. The molecule has 2 N–H and O–H groups in total. The largest absolute Gasteiger partial charge is 0.451 e. The number of aliphatic imine (C=N–C) groups is 1. The molecule has 0 aliphatic carbocycles. The number of azo groups is 1. The quantitative estimate of drug-likeness (QED) is 0.203.